The maximum Gasteiger partial charge on any atom is 0.438 e. The van der Waals surface area contributed by atoms with Crippen molar-refractivity contribution in [2.24, 2.45) is 5.10 Å². The number of halogens is 6. The Bertz CT molecular complexity index is 998. The highest BCUT2D eigenvalue weighted by Crippen LogP contribution is 2.42. The number of amides is 1. The van der Waals surface area contributed by atoms with Crippen LogP contribution in [0.4, 0.5) is 17.6 Å². The number of nitrogens with zero attached hydrogens (tertiary/aromatic N) is 2. The van der Waals surface area contributed by atoms with Crippen LogP contribution >= 0.6 is 23.2 Å². The third-order valence-corrected chi connectivity index (χ3v) is 4.90. The zero-order valence-electron chi connectivity index (χ0n) is 15.3. The molecule has 0 fully saturated rings. The Morgan fingerprint density at radius 2 is 1.87 bits per heavy atom. The highest BCUT2D eigenvalue weighted by atomic mass is 35.5. The number of benzene rings is 2. The van der Waals surface area contributed by atoms with Gasteiger partial charge < -0.3 is 9.84 Å². The molecule has 0 aliphatic carbocycles. The molecule has 1 aliphatic rings. The van der Waals surface area contributed by atoms with E-state index in [1.165, 1.54) is 37.3 Å². The van der Waals surface area contributed by atoms with Crippen LogP contribution in [-0.2, 0) is 4.79 Å². The maximum absolute atomic E-state index is 13.7. The van der Waals surface area contributed by atoms with Crippen molar-refractivity contribution in [3.8, 4) is 5.75 Å². The van der Waals surface area contributed by atoms with Gasteiger partial charge in [-0.1, -0.05) is 35.3 Å². The normalized spacial score (nSPS) is 20.1. The van der Waals surface area contributed by atoms with E-state index in [0.717, 1.165) is 12.1 Å². The highest BCUT2D eigenvalue weighted by Gasteiger charge is 2.63. The SMILES string of the molecule is C[C@@H](Oc1ccc(Cl)cc1Cl)C(=O)N1N=C(c2ccc(F)cc2)C[C@]1(O)C(F)(F)F. The summed E-state index contributed by atoms with van der Waals surface area (Å²) in [5.41, 5.74) is -3.70. The Balaban J connectivity index is 1.92. The lowest BCUT2D eigenvalue weighted by molar-refractivity contribution is -0.303. The van der Waals surface area contributed by atoms with Crippen LogP contribution in [-0.4, -0.2) is 39.7 Å². The third kappa shape index (κ3) is 4.23. The molecule has 0 bridgehead atoms. The van der Waals surface area contributed by atoms with Crippen LogP contribution < -0.4 is 4.74 Å². The van der Waals surface area contributed by atoms with E-state index in [1.807, 2.05) is 0 Å². The van der Waals surface area contributed by atoms with Crippen molar-refractivity contribution in [2.45, 2.75) is 31.3 Å². The zero-order chi connectivity index (χ0) is 22.3. The molecule has 2 aromatic carbocycles. The average Bonchev–Trinajstić information content (AvgIpc) is 3.02. The van der Waals surface area contributed by atoms with Crippen molar-refractivity contribution in [2.75, 3.05) is 0 Å². The van der Waals surface area contributed by atoms with Gasteiger partial charge in [-0.3, -0.25) is 4.79 Å². The average molecular weight is 465 g/mol. The fraction of sp³-hybridized carbons (Fsp3) is 0.263. The molecule has 1 heterocycles. The molecular formula is C19H14Cl2F4N2O3. The molecule has 0 unspecified atom stereocenters. The van der Waals surface area contributed by atoms with Crippen LogP contribution in [0.15, 0.2) is 47.6 Å². The molecular weight excluding hydrogens is 451 g/mol. The highest BCUT2D eigenvalue weighted by molar-refractivity contribution is 6.35. The van der Waals surface area contributed by atoms with E-state index in [9.17, 15) is 27.5 Å². The number of rotatable bonds is 4. The number of aliphatic hydroxyl groups is 1. The minimum absolute atomic E-state index is 0.0133. The van der Waals surface area contributed by atoms with Crippen LogP contribution in [0, 0.1) is 5.82 Å². The summed E-state index contributed by atoms with van der Waals surface area (Å²) in [6.07, 6.45) is -7.72. The number of carbonyl (C=O) groups excluding carboxylic acids is 1. The Morgan fingerprint density at radius 3 is 2.43 bits per heavy atom. The molecule has 0 radical (unpaired) electrons. The van der Waals surface area contributed by atoms with Crippen LogP contribution in [0.2, 0.25) is 10.0 Å². The number of alkyl halides is 3. The van der Waals surface area contributed by atoms with Gasteiger partial charge >= 0.3 is 6.18 Å². The van der Waals surface area contributed by atoms with E-state index in [2.05, 4.69) is 5.10 Å². The summed E-state index contributed by atoms with van der Waals surface area (Å²) in [7, 11) is 0. The molecule has 11 heteroatoms. The van der Waals surface area contributed by atoms with E-state index in [0.29, 0.717) is 5.02 Å². The van der Waals surface area contributed by atoms with Crippen LogP contribution in [0.3, 0.4) is 0 Å². The predicted molar refractivity (Wildman–Crippen MR) is 102 cm³/mol. The number of hydrogen-bond acceptors (Lipinski definition) is 4. The Kier molecular flexibility index (Phi) is 5.99. The first-order valence-corrected chi connectivity index (χ1v) is 9.26. The van der Waals surface area contributed by atoms with Crippen molar-refractivity contribution in [3.63, 3.8) is 0 Å². The maximum atomic E-state index is 13.7. The summed E-state index contributed by atoms with van der Waals surface area (Å²) >= 11 is 11.7. The fourth-order valence-corrected chi connectivity index (χ4v) is 3.24. The van der Waals surface area contributed by atoms with E-state index in [4.69, 9.17) is 27.9 Å². The zero-order valence-corrected chi connectivity index (χ0v) is 16.8. The molecule has 1 aliphatic heterocycles. The second-order valence-corrected chi connectivity index (χ2v) is 7.37. The van der Waals surface area contributed by atoms with Gasteiger partial charge in [0.25, 0.3) is 11.6 Å². The van der Waals surface area contributed by atoms with E-state index in [1.54, 1.807) is 0 Å². The van der Waals surface area contributed by atoms with Gasteiger partial charge in [-0.05, 0) is 42.8 Å². The molecule has 0 aromatic heterocycles. The van der Waals surface area contributed by atoms with Gasteiger partial charge in [0.1, 0.15) is 11.6 Å². The molecule has 5 nitrogen and oxygen atoms in total. The number of hydrazone groups is 1. The predicted octanol–water partition coefficient (Wildman–Crippen LogP) is 4.79. The second-order valence-electron chi connectivity index (χ2n) is 6.53. The molecule has 0 spiro atoms. The monoisotopic (exact) mass is 464 g/mol. The molecule has 2 aromatic rings. The number of ether oxygens (including phenoxy) is 1. The minimum Gasteiger partial charge on any atom is -0.479 e. The fourth-order valence-electron chi connectivity index (χ4n) is 2.78. The molecule has 30 heavy (non-hydrogen) atoms. The Morgan fingerprint density at radius 1 is 1.23 bits per heavy atom. The second kappa shape index (κ2) is 8.05. The van der Waals surface area contributed by atoms with Gasteiger partial charge in [-0.15, -0.1) is 0 Å². The molecule has 3 rings (SSSR count). The summed E-state index contributed by atoms with van der Waals surface area (Å²) in [5.74, 6) is -1.84. The van der Waals surface area contributed by atoms with Crippen LogP contribution in [0.1, 0.15) is 18.9 Å². The minimum atomic E-state index is -5.22. The van der Waals surface area contributed by atoms with Crippen molar-refractivity contribution in [3.05, 3.63) is 63.9 Å². The van der Waals surface area contributed by atoms with E-state index >= 15 is 0 Å². The number of carbonyl (C=O) groups is 1. The summed E-state index contributed by atoms with van der Waals surface area (Å²) in [6.45, 7) is 1.19. The van der Waals surface area contributed by atoms with Gasteiger partial charge in [0.15, 0.2) is 6.10 Å². The summed E-state index contributed by atoms with van der Waals surface area (Å²) < 4.78 is 59.4. The van der Waals surface area contributed by atoms with Crippen molar-refractivity contribution in [1.82, 2.24) is 5.01 Å². The van der Waals surface area contributed by atoms with Gasteiger partial charge in [0.2, 0.25) is 0 Å². The standard InChI is InChI=1S/C19H14Cl2F4N2O3/c1-10(30-16-7-4-12(20)8-14(16)21)17(28)27-18(29,19(23,24)25)9-15(26-27)11-2-5-13(22)6-3-11/h2-8,10,29H,9H2,1H3/t10-,18+/m1/s1. The van der Waals surface area contributed by atoms with Crippen LogP contribution in [0.25, 0.3) is 0 Å². The first kappa shape index (κ1) is 22.3. The smallest absolute Gasteiger partial charge is 0.438 e. The van der Waals surface area contributed by atoms with E-state index in [-0.39, 0.29) is 27.1 Å². The Hall–Kier alpha value is -2.36. The molecule has 1 amide bonds. The number of hydrogen-bond donors (Lipinski definition) is 1. The summed E-state index contributed by atoms with van der Waals surface area (Å²) in [4.78, 5) is 12.7. The first-order chi connectivity index (χ1) is 13.9. The molecule has 0 saturated carbocycles. The van der Waals surface area contributed by atoms with Gasteiger partial charge in [0, 0.05) is 5.02 Å². The first-order valence-electron chi connectivity index (χ1n) is 8.50. The quantitative estimate of drug-likeness (QED) is 0.661. The van der Waals surface area contributed by atoms with Crippen molar-refractivity contribution < 1.29 is 32.2 Å². The van der Waals surface area contributed by atoms with E-state index < -0.39 is 36.2 Å². The molecule has 0 saturated heterocycles. The van der Waals surface area contributed by atoms with Gasteiger partial charge in [-0.25, -0.2) is 4.39 Å². The Labute approximate surface area is 178 Å². The topological polar surface area (TPSA) is 62.1 Å². The third-order valence-electron chi connectivity index (χ3n) is 4.37. The lowest BCUT2D eigenvalue weighted by Gasteiger charge is -2.33. The van der Waals surface area contributed by atoms with Crippen molar-refractivity contribution >= 4 is 34.8 Å². The lowest BCUT2D eigenvalue weighted by atomic mass is 10.0. The van der Waals surface area contributed by atoms with Gasteiger partial charge in [-0.2, -0.15) is 23.3 Å². The lowest BCUT2D eigenvalue weighted by Crippen LogP contribution is -2.58. The molecule has 2 atom stereocenters. The molecule has 1 N–H and O–H groups in total. The summed E-state index contributed by atoms with van der Waals surface area (Å²) in [5, 5.41) is 14.3. The largest absolute Gasteiger partial charge is 0.479 e. The van der Waals surface area contributed by atoms with Gasteiger partial charge in [0.05, 0.1) is 17.2 Å². The summed E-state index contributed by atoms with van der Waals surface area (Å²) in [6, 6.07) is 8.57. The van der Waals surface area contributed by atoms with Crippen LogP contribution in [0.5, 0.6) is 5.75 Å². The van der Waals surface area contributed by atoms with Crippen molar-refractivity contribution in [1.29, 1.82) is 0 Å². The molecule has 160 valence electrons.